The van der Waals surface area contributed by atoms with Gasteiger partial charge < -0.3 is 9.47 Å². The van der Waals surface area contributed by atoms with Crippen LogP contribution >= 0.6 is 0 Å². The van der Waals surface area contributed by atoms with E-state index >= 15 is 0 Å². The van der Waals surface area contributed by atoms with Crippen molar-refractivity contribution in [3.05, 3.63) is 24.3 Å². The van der Waals surface area contributed by atoms with E-state index in [4.69, 9.17) is 9.47 Å². The molecule has 0 radical (unpaired) electrons. The van der Waals surface area contributed by atoms with E-state index in [1.165, 1.54) is 0 Å². The van der Waals surface area contributed by atoms with Crippen LogP contribution in [0.1, 0.15) is 13.3 Å². The summed E-state index contributed by atoms with van der Waals surface area (Å²) < 4.78 is 11.2. The standard InChI is InChI=1S/C10H12O2/c1-2-8-7-11-9-5-3-4-6-10(9)12-8/h3-6,8H,2,7H2,1H3/t8-/m0/s1. The zero-order chi connectivity index (χ0) is 8.39. The van der Waals surface area contributed by atoms with Crippen LogP contribution < -0.4 is 9.47 Å². The van der Waals surface area contributed by atoms with Gasteiger partial charge in [0.15, 0.2) is 11.5 Å². The van der Waals surface area contributed by atoms with Gasteiger partial charge >= 0.3 is 0 Å². The van der Waals surface area contributed by atoms with Crippen LogP contribution in [0.5, 0.6) is 11.5 Å². The Labute approximate surface area is 72.1 Å². The lowest BCUT2D eigenvalue weighted by Gasteiger charge is -2.25. The largest absolute Gasteiger partial charge is 0.486 e. The van der Waals surface area contributed by atoms with E-state index in [0.717, 1.165) is 17.9 Å². The molecule has 2 rings (SSSR count). The molecule has 2 nitrogen and oxygen atoms in total. The minimum atomic E-state index is 0.222. The third-order valence-corrected chi connectivity index (χ3v) is 2.02. The van der Waals surface area contributed by atoms with Gasteiger partial charge in [0.2, 0.25) is 0 Å². The van der Waals surface area contributed by atoms with Crippen molar-refractivity contribution in [3.63, 3.8) is 0 Å². The van der Waals surface area contributed by atoms with E-state index in [1.807, 2.05) is 24.3 Å². The van der Waals surface area contributed by atoms with Gasteiger partial charge in [-0.15, -0.1) is 0 Å². The van der Waals surface area contributed by atoms with Gasteiger partial charge in [-0.2, -0.15) is 0 Å². The maximum absolute atomic E-state index is 5.66. The van der Waals surface area contributed by atoms with Crippen LogP contribution in [0.2, 0.25) is 0 Å². The van der Waals surface area contributed by atoms with E-state index in [-0.39, 0.29) is 6.10 Å². The number of hydrogen-bond donors (Lipinski definition) is 0. The lowest BCUT2D eigenvalue weighted by molar-refractivity contribution is 0.0884. The summed E-state index contributed by atoms with van der Waals surface area (Å²) in [6.45, 7) is 2.77. The minimum Gasteiger partial charge on any atom is -0.486 e. The fourth-order valence-electron chi connectivity index (χ4n) is 1.26. The molecule has 0 unspecified atom stereocenters. The summed E-state index contributed by atoms with van der Waals surface area (Å²) in [5, 5.41) is 0. The van der Waals surface area contributed by atoms with E-state index in [1.54, 1.807) is 0 Å². The SMILES string of the molecule is CC[C@H]1COc2ccccc2O1. The fraction of sp³-hybridized carbons (Fsp3) is 0.400. The highest BCUT2D eigenvalue weighted by Crippen LogP contribution is 2.31. The summed E-state index contributed by atoms with van der Waals surface area (Å²) in [6.07, 6.45) is 1.22. The molecule has 64 valence electrons. The first-order chi connectivity index (χ1) is 5.90. The van der Waals surface area contributed by atoms with Gasteiger partial charge in [-0.05, 0) is 18.6 Å². The van der Waals surface area contributed by atoms with Gasteiger partial charge in [0.05, 0.1) is 0 Å². The molecule has 12 heavy (non-hydrogen) atoms. The van der Waals surface area contributed by atoms with Gasteiger partial charge in [0, 0.05) is 0 Å². The molecule has 0 saturated carbocycles. The second kappa shape index (κ2) is 3.05. The molecule has 0 spiro atoms. The molecule has 0 bridgehead atoms. The van der Waals surface area contributed by atoms with Gasteiger partial charge in [-0.1, -0.05) is 19.1 Å². The molecule has 0 amide bonds. The minimum absolute atomic E-state index is 0.222. The van der Waals surface area contributed by atoms with E-state index in [0.29, 0.717) is 6.61 Å². The topological polar surface area (TPSA) is 18.5 Å². The lowest BCUT2D eigenvalue weighted by atomic mass is 10.2. The molecular formula is C10H12O2. The molecular weight excluding hydrogens is 152 g/mol. The molecule has 2 heteroatoms. The zero-order valence-electron chi connectivity index (χ0n) is 7.12. The van der Waals surface area contributed by atoms with Crippen molar-refractivity contribution in [1.82, 2.24) is 0 Å². The maximum Gasteiger partial charge on any atom is 0.161 e. The van der Waals surface area contributed by atoms with E-state index < -0.39 is 0 Å². The number of rotatable bonds is 1. The molecule has 1 heterocycles. The van der Waals surface area contributed by atoms with Crippen molar-refractivity contribution in [2.75, 3.05) is 6.61 Å². The fourth-order valence-corrected chi connectivity index (χ4v) is 1.26. The Bertz CT molecular complexity index is 270. The Hall–Kier alpha value is -1.18. The first kappa shape index (κ1) is 7.47. The van der Waals surface area contributed by atoms with Crippen LogP contribution in [0.3, 0.4) is 0 Å². The maximum atomic E-state index is 5.66. The van der Waals surface area contributed by atoms with Crippen LogP contribution in [0.25, 0.3) is 0 Å². The number of hydrogen-bond acceptors (Lipinski definition) is 2. The molecule has 0 N–H and O–H groups in total. The average molecular weight is 164 g/mol. The molecule has 0 aliphatic carbocycles. The lowest BCUT2D eigenvalue weighted by Crippen LogP contribution is -2.28. The highest BCUT2D eigenvalue weighted by molar-refractivity contribution is 5.40. The molecule has 1 atom stereocenters. The highest BCUT2D eigenvalue weighted by Gasteiger charge is 2.17. The number of fused-ring (bicyclic) bond motifs is 1. The number of ether oxygens (including phenoxy) is 2. The number of benzene rings is 1. The van der Waals surface area contributed by atoms with Crippen molar-refractivity contribution < 1.29 is 9.47 Å². The quantitative estimate of drug-likeness (QED) is 0.633. The third-order valence-electron chi connectivity index (χ3n) is 2.02. The van der Waals surface area contributed by atoms with Gasteiger partial charge in [-0.3, -0.25) is 0 Å². The van der Waals surface area contributed by atoms with Crippen molar-refractivity contribution >= 4 is 0 Å². The van der Waals surface area contributed by atoms with Crippen molar-refractivity contribution in [2.24, 2.45) is 0 Å². The molecule has 1 aliphatic heterocycles. The first-order valence-corrected chi connectivity index (χ1v) is 4.28. The molecule has 0 saturated heterocycles. The van der Waals surface area contributed by atoms with Crippen molar-refractivity contribution in [2.45, 2.75) is 19.4 Å². The summed E-state index contributed by atoms with van der Waals surface area (Å²) in [4.78, 5) is 0. The Balaban J connectivity index is 2.23. The zero-order valence-corrected chi connectivity index (χ0v) is 7.12. The van der Waals surface area contributed by atoms with Crippen LogP contribution in [-0.4, -0.2) is 12.7 Å². The molecule has 0 fully saturated rings. The van der Waals surface area contributed by atoms with Crippen molar-refractivity contribution in [3.8, 4) is 11.5 Å². The van der Waals surface area contributed by atoms with Gasteiger partial charge in [-0.25, -0.2) is 0 Å². The number of para-hydroxylation sites is 2. The molecule has 1 aromatic rings. The summed E-state index contributed by atoms with van der Waals surface area (Å²) in [5.74, 6) is 1.73. The van der Waals surface area contributed by atoms with Gasteiger partial charge in [0.25, 0.3) is 0 Å². The molecule has 1 aliphatic rings. The van der Waals surface area contributed by atoms with E-state index in [9.17, 15) is 0 Å². The summed E-state index contributed by atoms with van der Waals surface area (Å²) in [5.41, 5.74) is 0. The normalized spacial score (nSPS) is 20.6. The summed E-state index contributed by atoms with van der Waals surface area (Å²) in [6, 6.07) is 7.78. The third kappa shape index (κ3) is 1.24. The molecule has 0 aromatic heterocycles. The Morgan fingerprint density at radius 3 is 2.83 bits per heavy atom. The van der Waals surface area contributed by atoms with Crippen LogP contribution in [0, 0.1) is 0 Å². The predicted molar refractivity (Wildman–Crippen MR) is 46.6 cm³/mol. The second-order valence-corrected chi connectivity index (χ2v) is 2.91. The average Bonchev–Trinajstić information content (AvgIpc) is 2.17. The van der Waals surface area contributed by atoms with Gasteiger partial charge in [0.1, 0.15) is 12.7 Å². The van der Waals surface area contributed by atoms with Crippen molar-refractivity contribution in [1.29, 1.82) is 0 Å². The predicted octanol–water partition coefficient (Wildman–Crippen LogP) is 2.24. The van der Waals surface area contributed by atoms with Crippen LogP contribution in [0.4, 0.5) is 0 Å². The molecule has 1 aromatic carbocycles. The Morgan fingerprint density at radius 1 is 1.33 bits per heavy atom. The monoisotopic (exact) mass is 164 g/mol. The smallest absolute Gasteiger partial charge is 0.161 e. The van der Waals surface area contributed by atoms with E-state index in [2.05, 4.69) is 6.92 Å². The van der Waals surface area contributed by atoms with Crippen LogP contribution in [0.15, 0.2) is 24.3 Å². The second-order valence-electron chi connectivity index (χ2n) is 2.91. The Morgan fingerprint density at radius 2 is 2.08 bits per heavy atom. The first-order valence-electron chi connectivity index (χ1n) is 4.28. The Kier molecular flexibility index (Phi) is 1.90. The van der Waals surface area contributed by atoms with Crippen LogP contribution in [-0.2, 0) is 0 Å². The summed E-state index contributed by atoms with van der Waals surface area (Å²) in [7, 11) is 0. The highest BCUT2D eigenvalue weighted by atomic mass is 16.6. The summed E-state index contributed by atoms with van der Waals surface area (Å²) >= 11 is 0.